The smallest absolute Gasteiger partial charge is 0.435 e. The number of hydrogen-bond acceptors (Lipinski definition) is 5. The Bertz CT molecular complexity index is 922. The molecular weight excluding hydrogens is 381 g/mol. The molecule has 0 unspecified atom stereocenters. The number of hydrogen-bond donors (Lipinski definition) is 1. The number of nitrogens with zero attached hydrogens (tertiary/aromatic N) is 3. The molecule has 0 spiro atoms. The van der Waals surface area contributed by atoms with Crippen LogP contribution in [0.1, 0.15) is 26.8 Å². The van der Waals surface area contributed by atoms with Crippen LogP contribution in [0.25, 0.3) is 0 Å². The van der Waals surface area contributed by atoms with Crippen LogP contribution in [0.15, 0.2) is 41.9 Å². The topological polar surface area (TPSA) is 69.0 Å². The van der Waals surface area contributed by atoms with Crippen LogP contribution in [0.5, 0.6) is 5.75 Å². The standard InChI is InChI=1S/C17H15F3N4O2S/c1-24-8-13(15(23-24)17(18,19)20)16(25)21-7-11-10-27-14(22-11)9-26-12-5-3-2-4-6-12/h2-6,8,10H,7,9H2,1H3,(H,21,25). The normalized spacial score (nSPS) is 11.4. The first-order valence-electron chi connectivity index (χ1n) is 7.83. The molecule has 0 fully saturated rings. The molecule has 2 heterocycles. The molecule has 27 heavy (non-hydrogen) atoms. The Morgan fingerprint density at radius 3 is 2.74 bits per heavy atom. The highest BCUT2D eigenvalue weighted by Gasteiger charge is 2.38. The molecule has 0 aliphatic heterocycles. The van der Waals surface area contributed by atoms with Crippen LogP contribution in [0.2, 0.25) is 0 Å². The third kappa shape index (κ3) is 4.85. The molecule has 0 aliphatic rings. The quantitative estimate of drug-likeness (QED) is 0.693. The number of carbonyl (C=O) groups excluding carboxylic acids is 1. The molecule has 0 atom stereocenters. The number of thiazole rings is 1. The van der Waals surface area contributed by atoms with Gasteiger partial charge in [0.2, 0.25) is 0 Å². The van der Waals surface area contributed by atoms with Crippen LogP contribution in [-0.2, 0) is 26.4 Å². The van der Waals surface area contributed by atoms with Crippen molar-refractivity contribution < 1.29 is 22.7 Å². The van der Waals surface area contributed by atoms with E-state index in [1.807, 2.05) is 30.3 Å². The number of alkyl halides is 3. The number of aromatic nitrogens is 3. The Balaban J connectivity index is 1.58. The Morgan fingerprint density at radius 2 is 2.04 bits per heavy atom. The zero-order valence-corrected chi connectivity index (χ0v) is 15.0. The molecule has 1 amide bonds. The Kier molecular flexibility index (Phi) is 5.45. The number of carbonyl (C=O) groups is 1. The molecule has 0 saturated carbocycles. The van der Waals surface area contributed by atoms with Crippen molar-refractivity contribution in [3.8, 4) is 5.75 Å². The summed E-state index contributed by atoms with van der Waals surface area (Å²) in [5, 5.41) is 8.17. The van der Waals surface area contributed by atoms with Gasteiger partial charge in [0.05, 0.1) is 17.8 Å². The van der Waals surface area contributed by atoms with Crippen LogP contribution in [-0.4, -0.2) is 20.7 Å². The van der Waals surface area contributed by atoms with Crippen molar-refractivity contribution in [2.75, 3.05) is 0 Å². The highest BCUT2D eigenvalue weighted by atomic mass is 32.1. The van der Waals surface area contributed by atoms with Crippen molar-refractivity contribution in [1.82, 2.24) is 20.1 Å². The van der Waals surface area contributed by atoms with Crippen LogP contribution in [0.3, 0.4) is 0 Å². The summed E-state index contributed by atoms with van der Waals surface area (Å²) < 4.78 is 45.3. The van der Waals surface area contributed by atoms with E-state index in [0.717, 1.165) is 10.9 Å². The molecule has 3 rings (SSSR count). The molecule has 3 aromatic rings. The summed E-state index contributed by atoms with van der Waals surface area (Å²) in [6, 6.07) is 9.23. The minimum absolute atomic E-state index is 0.00681. The van der Waals surface area contributed by atoms with Gasteiger partial charge in [-0.15, -0.1) is 11.3 Å². The van der Waals surface area contributed by atoms with Crippen molar-refractivity contribution in [2.24, 2.45) is 7.05 Å². The Morgan fingerprint density at radius 1 is 1.30 bits per heavy atom. The monoisotopic (exact) mass is 396 g/mol. The first-order chi connectivity index (χ1) is 12.8. The lowest BCUT2D eigenvalue weighted by Crippen LogP contribution is -2.25. The summed E-state index contributed by atoms with van der Waals surface area (Å²) in [4.78, 5) is 16.4. The zero-order valence-electron chi connectivity index (χ0n) is 14.2. The van der Waals surface area contributed by atoms with E-state index in [0.29, 0.717) is 16.5 Å². The minimum atomic E-state index is -4.70. The molecule has 2 aromatic heterocycles. The van der Waals surface area contributed by atoms with E-state index in [2.05, 4.69) is 15.4 Å². The van der Waals surface area contributed by atoms with Crippen LogP contribution >= 0.6 is 11.3 Å². The van der Waals surface area contributed by atoms with Gasteiger partial charge in [-0.2, -0.15) is 18.3 Å². The van der Waals surface area contributed by atoms with Crippen molar-refractivity contribution in [3.63, 3.8) is 0 Å². The largest absolute Gasteiger partial charge is 0.486 e. The number of nitrogens with one attached hydrogen (secondary N) is 1. The van der Waals surface area contributed by atoms with Crippen LogP contribution < -0.4 is 10.1 Å². The summed E-state index contributed by atoms with van der Waals surface area (Å²) in [7, 11) is 1.32. The fraction of sp³-hybridized carbons (Fsp3) is 0.235. The first kappa shape index (κ1) is 18.9. The highest BCUT2D eigenvalue weighted by Crippen LogP contribution is 2.30. The summed E-state index contributed by atoms with van der Waals surface area (Å²) in [5.74, 6) is -0.149. The zero-order chi connectivity index (χ0) is 19.4. The van der Waals surface area contributed by atoms with E-state index in [9.17, 15) is 18.0 Å². The average molecular weight is 396 g/mol. The van der Waals surface area contributed by atoms with Gasteiger partial charge in [0.1, 0.15) is 17.4 Å². The molecule has 0 radical (unpaired) electrons. The molecular formula is C17H15F3N4O2S. The van der Waals surface area contributed by atoms with Gasteiger partial charge in [0, 0.05) is 18.6 Å². The fourth-order valence-electron chi connectivity index (χ4n) is 2.29. The second-order valence-electron chi connectivity index (χ2n) is 5.58. The number of benzene rings is 1. The average Bonchev–Trinajstić information content (AvgIpc) is 3.25. The van der Waals surface area contributed by atoms with Gasteiger partial charge in [0.15, 0.2) is 5.69 Å². The molecule has 1 aromatic carbocycles. The fourth-order valence-corrected chi connectivity index (χ4v) is 2.99. The maximum atomic E-state index is 12.9. The number of amides is 1. The molecule has 0 aliphatic carbocycles. The van der Waals surface area contributed by atoms with E-state index >= 15 is 0 Å². The predicted molar refractivity (Wildman–Crippen MR) is 92.3 cm³/mol. The second kappa shape index (κ2) is 7.78. The lowest BCUT2D eigenvalue weighted by molar-refractivity contribution is -0.141. The number of halogens is 3. The van der Waals surface area contributed by atoms with E-state index in [-0.39, 0.29) is 13.2 Å². The minimum Gasteiger partial charge on any atom is -0.486 e. The number of rotatable bonds is 6. The van der Waals surface area contributed by atoms with E-state index in [4.69, 9.17) is 4.74 Å². The number of aryl methyl sites for hydroxylation is 1. The van der Waals surface area contributed by atoms with Gasteiger partial charge >= 0.3 is 6.18 Å². The summed E-state index contributed by atoms with van der Waals surface area (Å²) >= 11 is 1.34. The van der Waals surface area contributed by atoms with Gasteiger partial charge in [-0.05, 0) is 12.1 Å². The highest BCUT2D eigenvalue weighted by molar-refractivity contribution is 7.09. The molecule has 0 bridgehead atoms. The maximum Gasteiger partial charge on any atom is 0.435 e. The molecule has 10 heteroatoms. The maximum absolute atomic E-state index is 12.9. The molecule has 142 valence electrons. The van der Waals surface area contributed by atoms with E-state index in [1.165, 1.54) is 18.4 Å². The SMILES string of the molecule is Cn1cc(C(=O)NCc2csc(COc3ccccc3)n2)c(C(F)(F)F)n1. The molecule has 0 saturated heterocycles. The lowest BCUT2D eigenvalue weighted by atomic mass is 10.2. The van der Waals surface area contributed by atoms with Crippen molar-refractivity contribution >= 4 is 17.2 Å². The Labute approximate surface area is 156 Å². The third-order valence-electron chi connectivity index (χ3n) is 3.48. The van der Waals surface area contributed by atoms with E-state index in [1.54, 1.807) is 5.38 Å². The van der Waals surface area contributed by atoms with Gasteiger partial charge < -0.3 is 10.1 Å². The summed E-state index contributed by atoms with van der Waals surface area (Å²) in [5.41, 5.74) is -1.19. The van der Waals surface area contributed by atoms with Crippen LogP contribution in [0, 0.1) is 0 Å². The summed E-state index contributed by atoms with van der Waals surface area (Å²) in [6.45, 7) is 0.274. The Hall–Kier alpha value is -2.88. The number of para-hydroxylation sites is 1. The number of ether oxygens (including phenoxy) is 1. The third-order valence-corrected chi connectivity index (χ3v) is 4.35. The van der Waals surface area contributed by atoms with Crippen molar-refractivity contribution in [1.29, 1.82) is 0 Å². The van der Waals surface area contributed by atoms with Gasteiger partial charge in [-0.25, -0.2) is 4.98 Å². The first-order valence-corrected chi connectivity index (χ1v) is 8.71. The van der Waals surface area contributed by atoms with Crippen molar-refractivity contribution in [2.45, 2.75) is 19.3 Å². The predicted octanol–water partition coefficient (Wildman–Crippen LogP) is 3.40. The van der Waals surface area contributed by atoms with Crippen LogP contribution in [0.4, 0.5) is 13.2 Å². The molecule has 1 N–H and O–H groups in total. The molecule has 6 nitrogen and oxygen atoms in total. The lowest BCUT2D eigenvalue weighted by Gasteiger charge is -2.06. The second-order valence-corrected chi connectivity index (χ2v) is 6.52. The van der Waals surface area contributed by atoms with Gasteiger partial charge in [0.25, 0.3) is 5.91 Å². The van der Waals surface area contributed by atoms with Gasteiger partial charge in [-0.1, -0.05) is 18.2 Å². The van der Waals surface area contributed by atoms with Gasteiger partial charge in [-0.3, -0.25) is 9.48 Å². The summed E-state index contributed by atoms with van der Waals surface area (Å²) in [6.07, 6.45) is -3.66. The van der Waals surface area contributed by atoms with E-state index < -0.39 is 23.3 Å². The van der Waals surface area contributed by atoms with Crippen molar-refractivity contribution in [3.05, 3.63) is 63.9 Å².